The molecule has 0 bridgehead atoms. The lowest BCUT2D eigenvalue weighted by Gasteiger charge is -2.05. The first-order chi connectivity index (χ1) is 9.74. The highest BCUT2D eigenvalue weighted by molar-refractivity contribution is 5.74. The maximum atomic E-state index is 11.8. The van der Waals surface area contributed by atoms with Crippen molar-refractivity contribution in [3.05, 3.63) is 70.8 Å². The minimum atomic E-state index is -0.328. The largest absolute Gasteiger partial charge is 0.345 e. The second-order valence-corrected chi connectivity index (χ2v) is 4.41. The molecule has 1 aromatic carbocycles. The van der Waals surface area contributed by atoms with Crippen molar-refractivity contribution in [1.29, 1.82) is 0 Å². The van der Waals surface area contributed by atoms with Gasteiger partial charge in [-0.25, -0.2) is 4.79 Å². The summed E-state index contributed by atoms with van der Waals surface area (Å²) in [6.45, 7) is 4.03. The molecule has 20 heavy (non-hydrogen) atoms. The number of hydrogen-bond donors (Lipinski definition) is 1. The predicted octanol–water partition coefficient (Wildman–Crippen LogP) is 3.81. The van der Waals surface area contributed by atoms with Crippen LogP contribution < -0.4 is 5.69 Å². The normalized spacial score (nSPS) is 12.0. The van der Waals surface area contributed by atoms with Gasteiger partial charge in [0, 0.05) is 5.56 Å². The number of rotatable bonds is 4. The smallest absolute Gasteiger partial charge is 0.305 e. The summed E-state index contributed by atoms with van der Waals surface area (Å²) in [7, 11) is 0. The first-order valence-electron chi connectivity index (χ1n) is 6.74. The summed E-state index contributed by atoms with van der Waals surface area (Å²) in [6, 6.07) is 11.6. The van der Waals surface area contributed by atoms with E-state index < -0.39 is 0 Å². The number of aromatic amines is 1. The Morgan fingerprint density at radius 3 is 2.70 bits per heavy atom. The van der Waals surface area contributed by atoms with Crippen LogP contribution in [0, 0.1) is 0 Å². The second-order valence-electron chi connectivity index (χ2n) is 4.41. The van der Waals surface area contributed by atoms with E-state index in [0.29, 0.717) is 5.69 Å². The average molecular weight is 266 g/mol. The van der Waals surface area contributed by atoms with Gasteiger partial charge in [0.15, 0.2) is 0 Å². The molecule has 0 fully saturated rings. The standard InChI is InChI=1S/C17H18N2O/c1-3-5-9-13(4-2)15-12-16(19-17(20)18-15)14-10-7-6-8-11-14/h4-12H,3H2,1-2H3,(H,18,19,20)/b9-5-,13-4+. The van der Waals surface area contributed by atoms with Crippen molar-refractivity contribution in [3.63, 3.8) is 0 Å². The molecule has 3 heteroatoms. The van der Waals surface area contributed by atoms with Crippen LogP contribution in [0.4, 0.5) is 0 Å². The van der Waals surface area contributed by atoms with E-state index in [1.165, 1.54) is 0 Å². The Morgan fingerprint density at radius 2 is 2.05 bits per heavy atom. The van der Waals surface area contributed by atoms with Crippen LogP contribution in [0.3, 0.4) is 0 Å². The molecule has 0 unspecified atom stereocenters. The summed E-state index contributed by atoms with van der Waals surface area (Å²) in [5.41, 5.74) is 3.08. The van der Waals surface area contributed by atoms with Gasteiger partial charge in [-0.2, -0.15) is 4.98 Å². The minimum Gasteiger partial charge on any atom is -0.305 e. The van der Waals surface area contributed by atoms with E-state index in [0.717, 1.165) is 23.3 Å². The fourth-order valence-electron chi connectivity index (χ4n) is 1.96. The molecule has 1 N–H and O–H groups in total. The summed E-state index contributed by atoms with van der Waals surface area (Å²) < 4.78 is 0. The fourth-order valence-corrected chi connectivity index (χ4v) is 1.96. The number of allylic oxidation sites excluding steroid dienone is 4. The molecule has 0 aliphatic heterocycles. The molecule has 0 aliphatic rings. The zero-order valence-electron chi connectivity index (χ0n) is 11.8. The van der Waals surface area contributed by atoms with Gasteiger partial charge in [-0.3, -0.25) is 0 Å². The Balaban J connectivity index is 2.49. The van der Waals surface area contributed by atoms with Crippen LogP contribution in [0.1, 0.15) is 26.0 Å². The van der Waals surface area contributed by atoms with Crippen LogP contribution in [-0.2, 0) is 0 Å². The number of nitrogens with zero attached hydrogens (tertiary/aromatic N) is 1. The lowest BCUT2D eigenvalue weighted by atomic mass is 10.1. The summed E-state index contributed by atoms with van der Waals surface area (Å²) in [6.07, 6.45) is 7.01. The Labute approximate surface area is 118 Å². The number of H-pyrrole nitrogens is 1. The van der Waals surface area contributed by atoms with E-state index in [1.54, 1.807) is 0 Å². The number of aromatic nitrogens is 2. The van der Waals surface area contributed by atoms with Gasteiger partial charge in [0.25, 0.3) is 0 Å². The molecular weight excluding hydrogens is 248 g/mol. The van der Waals surface area contributed by atoms with Gasteiger partial charge in [-0.15, -0.1) is 0 Å². The zero-order chi connectivity index (χ0) is 14.4. The van der Waals surface area contributed by atoms with Crippen LogP contribution in [0.2, 0.25) is 0 Å². The fraction of sp³-hybridized carbons (Fsp3) is 0.176. The van der Waals surface area contributed by atoms with E-state index in [-0.39, 0.29) is 5.69 Å². The number of benzene rings is 1. The third-order valence-corrected chi connectivity index (χ3v) is 2.97. The molecule has 0 saturated carbocycles. The quantitative estimate of drug-likeness (QED) is 0.855. The lowest BCUT2D eigenvalue weighted by molar-refractivity contribution is 1.06. The topological polar surface area (TPSA) is 45.8 Å². The van der Waals surface area contributed by atoms with Gasteiger partial charge < -0.3 is 4.98 Å². The lowest BCUT2D eigenvalue weighted by Crippen LogP contribution is -2.13. The van der Waals surface area contributed by atoms with E-state index in [1.807, 2.05) is 55.5 Å². The van der Waals surface area contributed by atoms with Gasteiger partial charge in [0.05, 0.1) is 11.4 Å². The summed E-state index contributed by atoms with van der Waals surface area (Å²) >= 11 is 0. The van der Waals surface area contributed by atoms with Gasteiger partial charge in [-0.1, -0.05) is 55.5 Å². The van der Waals surface area contributed by atoms with Crippen molar-refractivity contribution in [2.45, 2.75) is 20.3 Å². The molecule has 0 spiro atoms. The molecule has 0 saturated heterocycles. The molecule has 0 amide bonds. The van der Waals surface area contributed by atoms with Crippen molar-refractivity contribution in [3.8, 4) is 11.3 Å². The zero-order valence-corrected chi connectivity index (χ0v) is 11.8. The third kappa shape index (κ3) is 3.32. The predicted molar refractivity (Wildman–Crippen MR) is 83.4 cm³/mol. The molecule has 0 radical (unpaired) electrons. The third-order valence-electron chi connectivity index (χ3n) is 2.97. The van der Waals surface area contributed by atoms with Gasteiger partial charge >= 0.3 is 5.69 Å². The second kappa shape index (κ2) is 6.66. The highest BCUT2D eigenvalue weighted by Gasteiger charge is 2.05. The van der Waals surface area contributed by atoms with Crippen molar-refractivity contribution >= 4 is 5.57 Å². The highest BCUT2D eigenvalue weighted by atomic mass is 16.1. The summed E-state index contributed by atoms with van der Waals surface area (Å²) in [5, 5.41) is 0. The number of hydrogen-bond acceptors (Lipinski definition) is 2. The minimum absolute atomic E-state index is 0.328. The molecule has 102 valence electrons. The monoisotopic (exact) mass is 266 g/mol. The van der Waals surface area contributed by atoms with Crippen LogP contribution in [-0.4, -0.2) is 9.97 Å². The van der Waals surface area contributed by atoms with Crippen LogP contribution >= 0.6 is 0 Å². The number of nitrogens with one attached hydrogen (secondary N) is 1. The maximum Gasteiger partial charge on any atom is 0.345 e. The molecule has 2 aromatic rings. The van der Waals surface area contributed by atoms with Crippen LogP contribution in [0.5, 0.6) is 0 Å². The Bertz CT molecular complexity index is 682. The van der Waals surface area contributed by atoms with Gasteiger partial charge in [0.1, 0.15) is 0 Å². The van der Waals surface area contributed by atoms with Crippen molar-refractivity contribution in [1.82, 2.24) is 9.97 Å². The van der Waals surface area contributed by atoms with E-state index in [9.17, 15) is 4.79 Å². The highest BCUT2D eigenvalue weighted by Crippen LogP contribution is 2.19. The Hall–Kier alpha value is -2.42. The molecule has 1 heterocycles. The van der Waals surface area contributed by atoms with E-state index in [2.05, 4.69) is 23.0 Å². The molecular formula is C17H18N2O. The molecule has 1 aromatic heterocycles. The average Bonchev–Trinajstić information content (AvgIpc) is 2.48. The van der Waals surface area contributed by atoms with Crippen LogP contribution in [0.25, 0.3) is 16.8 Å². The SMILES string of the molecule is C/C=C(\C=C/CC)c1cc(-c2ccccc2)nc(=O)[nH]1. The van der Waals surface area contributed by atoms with E-state index in [4.69, 9.17) is 0 Å². The van der Waals surface area contributed by atoms with Crippen LogP contribution in [0.15, 0.2) is 59.4 Å². The molecule has 0 aliphatic carbocycles. The Morgan fingerprint density at radius 1 is 1.30 bits per heavy atom. The first kappa shape index (κ1) is 14.0. The van der Waals surface area contributed by atoms with Gasteiger partial charge in [0.2, 0.25) is 0 Å². The first-order valence-corrected chi connectivity index (χ1v) is 6.74. The van der Waals surface area contributed by atoms with Crippen molar-refractivity contribution in [2.75, 3.05) is 0 Å². The van der Waals surface area contributed by atoms with Gasteiger partial charge in [-0.05, 0) is 25.0 Å². The summed E-state index contributed by atoms with van der Waals surface area (Å²) in [5.74, 6) is 0. The van der Waals surface area contributed by atoms with Crippen molar-refractivity contribution < 1.29 is 0 Å². The maximum absolute atomic E-state index is 11.8. The summed E-state index contributed by atoms with van der Waals surface area (Å²) in [4.78, 5) is 18.6. The molecule has 0 atom stereocenters. The molecule has 3 nitrogen and oxygen atoms in total. The van der Waals surface area contributed by atoms with E-state index >= 15 is 0 Å². The molecule has 2 rings (SSSR count). The van der Waals surface area contributed by atoms with Crippen molar-refractivity contribution in [2.24, 2.45) is 0 Å². The Kier molecular flexibility index (Phi) is 4.66.